The number of amides is 1. The molecule has 1 aromatic heterocycles. The van der Waals surface area contributed by atoms with E-state index in [1.54, 1.807) is 31.4 Å². The number of hydrogen-bond donors (Lipinski definition) is 1. The van der Waals surface area contributed by atoms with Gasteiger partial charge in [-0.1, -0.05) is 61.3 Å². The molecular formula is C21H22ClN3O3. The largest absolute Gasteiger partial charge is 0.497 e. The van der Waals surface area contributed by atoms with Crippen molar-refractivity contribution in [2.24, 2.45) is 5.92 Å². The Morgan fingerprint density at radius 1 is 1.25 bits per heavy atom. The molecule has 7 heteroatoms. The Bertz CT molecular complexity index is 957. The van der Waals surface area contributed by atoms with Crippen LogP contribution in [0.3, 0.4) is 0 Å². The fourth-order valence-electron chi connectivity index (χ4n) is 2.79. The lowest BCUT2D eigenvalue weighted by atomic mass is 9.98. The molecule has 0 aliphatic heterocycles. The van der Waals surface area contributed by atoms with Crippen LogP contribution < -0.4 is 10.1 Å². The minimum Gasteiger partial charge on any atom is -0.497 e. The van der Waals surface area contributed by atoms with Gasteiger partial charge in [0.05, 0.1) is 17.7 Å². The number of rotatable bonds is 7. The monoisotopic (exact) mass is 399 g/mol. The topological polar surface area (TPSA) is 77.2 Å². The first-order valence-electron chi connectivity index (χ1n) is 9.07. The third-order valence-corrected chi connectivity index (χ3v) is 4.98. The van der Waals surface area contributed by atoms with E-state index >= 15 is 0 Å². The minimum absolute atomic E-state index is 0.0880. The second kappa shape index (κ2) is 8.89. The number of aromatic nitrogens is 2. The summed E-state index contributed by atoms with van der Waals surface area (Å²) in [6.45, 7) is 4.06. The summed E-state index contributed by atoms with van der Waals surface area (Å²) < 4.78 is 10.7. The van der Waals surface area contributed by atoms with Crippen molar-refractivity contribution in [1.82, 2.24) is 15.5 Å². The molecule has 146 valence electrons. The molecule has 0 aliphatic rings. The zero-order chi connectivity index (χ0) is 20.1. The number of nitrogens with one attached hydrogen (secondary N) is 1. The van der Waals surface area contributed by atoms with Gasteiger partial charge < -0.3 is 14.6 Å². The first-order valence-corrected chi connectivity index (χ1v) is 9.44. The molecule has 0 saturated heterocycles. The van der Waals surface area contributed by atoms with Crippen molar-refractivity contribution in [2.45, 2.75) is 26.3 Å². The maximum Gasteiger partial charge on any atom is 0.253 e. The predicted octanol–water partition coefficient (Wildman–Crippen LogP) is 4.92. The van der Waals surface area contributed by atoms with Gasteiger partial charge in [0.25, 0.3) is 5.91 Å². The van der Waals surface area contributed by atoms with Gasteiger partial charge >= 0.3 is 0 Å². The summed E-state index contributed by atoms with van der Waals surface area (Å²) in [5.74, 6) is 1.30. The Labute approximate surface area is 168 Å². The van der Waals surface area contributed by atoms with E-state index in [1.807, 2.05) is 38.1 Å². The number of nitrogens with zero attached hydrogens (tertiary/aromatic N) is 2. The second-order valence-corrected chi connectivity index (χ2v) is 6.91. The van der Waals surface area contributed by atoms with Crippen LogP contribution in [0.2, 0.25) is 5.02 Å². The van der Waals surface area contributed by atoms with E-state index in [4.69, 9.17) is 20.9 Å². The Kier molecular flexibility index (Phi) is 6.31. The van der Waals surface area contributed by atoms with Crippen molar-refractivity contribution in [2.75, 3.05) is 7.11 Å². The molecule has 0 spiro atoms. The highest BCUT2D eigenvalue weighted by atomic mass is 35.5. The zero-order valence-corrected chi connectivity index (χ0v) is 16.7. The highest BCUT2D eigenvalue weighted by molar-refractivity contribution is 6.33. The van der Waals surface area contributed by atoms with Crippen molar-refractivity contribution in [3.05, 3.63) is 65.0 Å². The van der Waals surface area contributed by atoms with Crippen LogP contribution in [0.4, 0.5) is 0 Å². The van der Waals surface area contributed by atoms with Gasteiger partial charge in [0, 0.05) is 5.56 Å². The van der Waals surface area contributed by atoms with E-state index < -0.39 is 6.04 Å². The van der Waals surface area contributed by atoms with Crippen LogP contribution in [0.5, 0.6) is 5.75 Å². The van der Waals surface area contributed by atoms with Crippen molar-refractivity contribution in [3.8, 4) is 17.1 Å². The van der Waals surface area contributed by atoms with Crippen LogP contribution >= 0.6 is 11.6 Å². The molecule has 1 amide bonds. The van der Waals surface area contributed by atoms with Gasteiger partial charge in [0.2, 0.25) is 11.7 Å². The quantitative estimate of drug-likeness (QED) is 0.610. The van der Waals surface area contributed by atoms with Crippen LogP contribution in [-0.4, -0.2) is 23.2 Å². The van der Waals surface area contributed by atoms with Gasteiger partial charge in [-0.2, -0.15) is 4.98 Å². The summed E-state index contributed by atoms with van der Waals surface area (Å²) >= 11 is 6.15. The van der Waals surface area contributed by atoms with E-state index in [2.05, 4.69) is 15.5 Å². The Morgan fingerprint density at radius 2 is 2.04 bits per heavy atom. The number of carbonyl (C=O) groups is 1. The molecule has 0 saturated carbocycles. The van der Waals surface area contributed by atoms with Crippen LogP contribution in [0, 0.1) is 5.92 Å². The fourth-order valence-corrected chi connectivity index (χ4v) is 3.01. The molecule has 0 bridgehead atoms. The Hall–Kier alpha value is -2.86. The Morgan fingerprint density at radius 3 is 2.75 bits per heavy atom. The highest BCUT2D eigenvalue weighted by Crippen LogP contribution is 2.28. The van der Waals surface area contributed by atoms with Crippen LogP contribution in [0.1, 0.15) is 42.6 Å². The average molecular weight is 400 g/mol. The SMILES string of the molecule is CC[C@@H](C)[C@H](NC(=O)c1ccccc1Cl)c1nc(-c2cccc(OC)c2)no1. The molecule has 6 nitrogen and oxygen atoms in total. The molecule has 0 aliphatic carbocycles. The van der Waals surface area contributed by atoms with Crippen LogP contribution in [-0.2, 0) is 0 Å². The van der Waals surface area contributed by atoms with E-state index in [0.717, 1.165) is 12.0 Å². The summed E-state index contributed by atoms with van der Waals surface area (Å²) in [5.41, 5.74) is 1.18. The molecule has 0 fully saturated rings. The van der Waals surface area contributed by atoms with E-state index in [0.29, 0.717) is 28.1 Å². The standard InChI is InChI=1S/C21H22ClN3O3/c1-4-13(2)18(23-20(26)16-10-5-6-11-17(16)22)21-24-19(25-28-21)14-8-7-9-15(12-14)27-3/h5-13,18H,4H2,1-3H3,(H,23,26)/t13-,18+/m1/s1. The van der Waals surface area contributed by atoms with E-state index in [-0.39, 0.29) is 11.8 Å². The maximum atomic E-state index is 12.7. The number of ether oxygens (including phenoxy) is 1. The summed E-state index contributed by atoms with van der Waals surface area (Å²) in [6, 6.07) is 13.9. The molecule has 0 unspecified atom stereocenters. The molecular weight excluding hydrogens is 378 g/mol. The summed E-state index contributed by atoms with van der Waals surface area (Å²) in [7, 11) is 1.60. The fraction of sp³-hybridized carbons (Fsp3) is 0.286. The van der Waals surface area contributed by atoms with Crippen molar-refractivity contribution in [1.29, 1.82) is 0 Å². The van der Waals surface area contributed by atoms with Gasteiger partial charge in [-0.05, 0) is 30.2 Å². The number of carbonyl (C=O) groups excluding carboxylic acids is 1. The minimum atomic E-state index is -0.430. The van der Waals surface area contributed by atoms with Gasteiger partial charge in [-0.15, -0.1) is 0 Å². The summed E-state index contributed by atoms with van der Waals surface area (Å²) in [6.07, 6.45) is 0.824. The van der Waals surface area contributed by atoms with Crippen LogP contribution in [0.25, 0.3) is 11.4 Å². The van der Waals surface area contributed by atoms with E-state index in [1.165, 1.54) is 0 Å². The third kappa shape index (κ3) is 4.34. The normalized spacial score (nSPS) is 13.0. The molecule has 3 rings (SSSR count). The predicted molar refractivity (Wildman–Crippen MR) is 107 cm³/mol. The van der Waals surface area contributed by atoms with Gasteiger partial charge in [-0.3, -0.25) is 4.79 Å². The van der Waals surface area contributed by atoms with Crippen molar-refractivity contribution < 1.29 is 14.1 Å². The molecule has 2 aromatic carbocycles. The number of hydrogen-bond acceptors (Lipinski definition) is 5. The second-order valence-electron chi connectivity index (χ2n) is 6.50. The number of benzene rings is 2. The number of halogens is 1. The van der Waals surface area contributed by atoms with Crippen molar-refractivity contribution >= 4 is 17.5 Å². The summed E-state index contributed by atoms with van der Waals surface area (Å²) in [5, 5.41) is 7.46. The average Bonchev–Trinajstić information content (AvgIpc) is 3.21. The van der Waals surface area contributed by atoms with Crippen LogP contribution in [0.15, 0.2) is 53.1 Å². The third-order valence-electron chi connectivity index (χ3n) is 4.65. The summed E-state index contributed by atoms with van der Waals surface area (Å²) in [4.78, 5) is 17.2. The highest BCUT2D eigenvalue weighted by Gasteiger charge is 2.27. The van der Waals surface area contributed by atoms with Crippen molar-refractivity contribution in [3.63, 3.8) is 0 Å². The molecule has 3 aromatic rings. The molecule has 0 radical (unpaired) electrons. The lowest BCUT2D eigenvalue weighted by Crippen LogP contribution is -2.33. The zero-order valence-electron chi connectivity index (χ0n) is 16.0. The maximum absolute atomic E-state index is 12.7. The Balaban J connectivity index is 1.87. The first kappa shape index (κ1) is 19.9. The first-order chi connectivity index (χ1) is 13.5. The van der Waals surface area contributed by atoms with Gasteiger partial charge in [-0.25, -0.2) is 0 Å². The molecule has 2 atom stereocenters. The lowest BCUT2D eigenvalue weighted by molar-refractivity contribution is 0.0910. The lowest BCUT2D eigenvalue weighted by Gasteiger charge is -2.21. The molecule has 1 N–H and O–H groups in total. The van der Waals surface area contributed by atoms with Gasteiger partial charge in [0.15, 0.2) is 0 Å². The number of methoxy groups -OCH3 is 1. The molecule has 28 heavy (non-hydrogen) atoms. The van der Waals surface area contributed by atoms with E-state index in [9.17, 15) is 4.79 Å². The molecule has 1 heterocycles. The van der Waals surface area contributed by atoms with Gasteiger partial charge in [0.1, 0.15) is 11.8 Å². The smallest absolute Gasteiger partial charge is 0.253 e.